The highest BCUT2D eigenvalue weighted by Crippen LogP contribution is 2.30. The van der Waals surface area contributed by atoms with Gasteiger partial charge in [-0.2, -0.15) is 0 Å². The third-order valence-electron chi connectivity index (χ3n) is 3.93. The van der Waals surface area contributed by atoms with E-state index in [4.69, 9.17) is 4.74 Å². The van der Waals surface area contributed by atoms with Crippen LogP contribution in [0.3, 0.4) is 0 Å². The molecule has 2 heteroatoms. The molecule has 3 aromatic rings. The Bertz CT molecular complexity index is 819. The third-order valence-corrected chi connectivity index (χ3v) is 3.93. The third kappa shape index (κ3) is 3.64. The van der Waals surface area contributed by atoms with E-state index in [0.717, 1.165) is 12.3 Å². The van der Waals surface area contributed by atoms with Crippen molar-refractivity contribution < 1.29 is 4.74 Å². The molecule has 0 amide bonds. The Hall–Kier alpha value is -2.22. The fraction of sp³-hybridized carbons (Fsp3) is 0.364. The van der Waals surface area contributed by atoms with Gasteiger partial charge in [0, 0.05) is 23.1 Å². The summed E-state index contributed by atoms with van der Waals surface area (Å²) in [6.45, 7) is 11.8. The van der Waals surface area contributed by atoms with E-state index in [1.807, 2.05) is 0 Å². The molecule has 1 heterocycles. The lowest BCUT2D eigenvalue weighted by molar-refractivity contribution is 0.131. The number of fused-ring (bicyclic) bond motifs is 1. The number of benzene rings is 2. The number of nitrogens with zero attached hydrogens (tertiary/aromatic N) is 1. The average Bonchev–Trinajstić information content (AvgIpc) is 2.85. The topological polar surface area (TPSA) is 14.2 Å². The predicted molar refractivity (Wildman–Crippen MR) is 103 cm³/mol. The summed E-state index contributed by atoms with van der Waals surface area (Å²) < 4.78 is 8.37. The molecule has 0 unspecified atom stereocenters. The van der Waals surface area contributed by atoms with E-state index in [-0.39, 0.29) is 5.60 Å². The molecule has 24 heavy (non-hydrogen) atoms. The molecule has 1 aromatic heterocycles. The molecule has 0 radical (unpaired) electrons. The average molecular weight is 321 g/mol. The molecule has 0 aliphatic carbocycles. The molecule has 3 rings (SSSR count). The van der Waals surface area contributed by atoms with Crippen LogP contribution >= 0.6 is 0 Å². The van der Waals surface area contributed by atoms with E-state index < -0.39 is 0 Å². The van der Waals surface area contributed by atoms with Crippen molar-refractivity contribution >= 4 is 10.9 Å². The zero-order valence-corrected chi connectivity index (χ0v) is 15.3. The second kappa shape index (κ2) is 6.35. The fourth-order valence-electron chi connectivity index (χ4n) is 3.06. The number of rotatable bonds is 4. The van der Waals surface area contributed by atoms with Gasteiger partial charge in [0.15, 0.2) is 0 Å². The molecule has 0 saturated carbocycles. The van der Waals surface area contributed by atoms with Gasteiger partial charge in [0.25, 0.3) is 0 Å². The first kappa shape index (κ1) is 16.6. The zero-order chi connectivity index (χ0) is 17.3. The molecule has 0 saturated heterocycles. The first-order valence-corrected chi connectivity index (χ1v) is 8.71. The molecule has 2 nitrogen and oxygen atoms in total. The van der Waals surface area contributed by atoms with E-state index in [9.17, 15) is 0 Å². The van der Waals surface area contributed by atoms with Gasteiger partial charge in [-0.1, -0.05) is 32.0 Å². The standard InChI is InChI=1S/C22H27NO/c1-16(2)15-23-20-9-7-6-8-18(20)14-21(23)17-10-12-19(13-11-17)24-22(3,4)5/h6-14,16H,15H2,1-5H3. The van der Waals surface area contributed by atoms with Gasteiger partial charge in [0.05, 0.1) is 0 Å². The Labute approximate surface area is 145 Å². The first-order valence-electron chi connectivity index (χ1n) is 8.71. The number of hydrogen-bond donors (Lipinski definition) is 0. The van der Waals surface area contributed by atoms with Gasteiger partial charge < -0.3 is 9.30 Å². The van der Waals surface area contributed by atoms with Crippen LogP contribution in [0.4, 0.5) is 0 Å². The summed E-state index contributed by atoms with van der Waals surface area (Å²) in [4.78, 5) is 0. The number of hydrogen-bond acceptors (Lipinski definition) is 1. The fourth-order valence-corrected chi connectivity index (χ4v) is 3.06. The minimum atomic E-state index is -0.173. The molecule has 2 aromatic carbocycles. The lowest BCUT2D eigenvalue weighted by atomic mass is 10.1. The Kier molecular flexibility index (Phi) is 4.40. The van der Waals surface area contributed by atoms with Gasteiger partial charge in [-0.25, -0.2) is 0 Å². The normalized spacial score (nSPS) is 12.1. The van der Waals surface area contributed by atoms with Crippen LogP contribution in [0.25, 0.3) is 22.2 Å². The molecule has 0 N–H and O–H groups in total. The van der Waals surface area contributed by atoms with Crippen LogP contribution in [0.2, 0.25) is 0 Å². The largest absolute Gasteiger partial charge is 0.488 e. The molecular formula is C22H27NO. The Morgan fingerprint density at radius 3 is 2.25 bits per heavy atom. The van der Waals surface area contributed by atoms with Gasteiger partial charge >= 0.3 is 0 Å². The van der Waals surface area contributed by atoms with Crippen LogP contribution in [-0.2, 0) is 6.54 Å². The van der Waals surface area contributed by atoms with E-state index >= 15 is 0 Å². The highest BCUT2D eigenvalue weighted by Gasteiger charge is 2.14. The summed E-state index contributed by atoms with van der Waals surface area (Å²) in [5.74, 6) is 1.51. The molecule has 0 fully saturated rings. The van der Waals surface area contributed by atoms with Crippen molar-refractivity contribution in [1.29, 1.82) is 0 Å². The van der Waals surface area contributed by atoms with Crippen LogP contribution in [0.1, 0.15) is 34.6 Å². The summed E-state index contributed by atoms with van der Waals surface area (Å²) in [5, 5.41) is 1.29. The number of aromatic nitrogens is 1. The van der Waals surface area contributed by atoms with Crippen molar-refractivity contribution in [3.05, 3.63) is 54.6 Å². The smallest absolute Gasteiger partial charge is 0.120 e. The molecule has 0 atom stereocenters. The SMILES string of the molecule is CC(C)Cn1c(-c2ccc(OC(C)(C)C)cc2)cc2ccccc21. The second-order valence-electron chi connectivity index (χ2n) is 7.83. The summed E-state index contributed by atoms with van der Waals surface area (Å²) in [5.41, 5.74) is 3.63. The lowest BCUT2D eigenvalue weighted by Gasteiger charge is -2.21. The van der Waals surface area contributed by atoms with E-state index in [0.29, 0.717) is 5.92 Å². The van der Waals surface area contributed by atoms with Crippen LogP contribution in [-0.4, -0.2) is 10.2 Å². The van der Waals surface area contributed by atoms with Gasteiger partial charge in [0.1, 0.15) is 11.4 Å². The summed E-state index contributed by atoms with van der Waals surface area (Å²) in [7, 11) is 0. The van der Waals surface area contributed by atoms with Gasteiger partial charge in [0.2, 0.25) is 0 Å². The maximum atomic E-state index is 5.94. The summed E-state index contributed by atoms with van der Waals surface area (Å²) >= 11 is 0. The van der Waals surface area contributed by atoms with Crippen molar-refractivity contribution in [2.45, 2.75) is 46.8 Å². The van der Waals surface area contributed by atoms with Crippen LogP contribution < -0.4 is 4.74 Å². The van der Waals surface area contributed by atoms with Crippen LogP contribution in [0, 0.1) is 5.92 Å². The molecular weight excluding hydrogens is 294 g/mol. The predicted octanol–water partition coefficient (Wildman–Crippen LogP) is 6.14. The van der Waals surface area contributed by atoms with Gasteiger partial charge in [-0.05, 0) is 68.7 Å². The van der Waals surface area contributed by atoms with Crippen molar-refractivity contribution in [1.82, 2.24) is 4.57 Å². The van der Waals surface area contributed by atoms with Crippen molar-refractivity contribution in [3.8, 4) is 17.0 Å². The minimum absolute atomic E-state index is 0.173. The van der Waals surface area contributed by atoms with E-state index in [1.165, 1.54) is 22.2 Å². The number of para-hydroxylation sites is 1. The molecule has 0 aliphatic rings. The number of ether oxygens (including phenoxy) is 1. The van der Waals surface area contributed by atoms with Gasteiger partial charge in [-0.15, -0.1) is 0 Å². The Morgan fingerprint density at radius 1 is 0.958 bits per heavy atom. The summed E-state index contributed by atoms with van der Waals surface area (Å²) in [6.07, 6.45) is 0. The molecule has 0 aliphatic heterocycles. The maximum absolute atomic E-state index is 5.94. The van der Waals surface area contributed by atoms with Crippen LogP contribution in [0.15, 0.2) is 54.6 Å². The van der Waals surface area contributed by atoms with E-state index in [2.05, 4.69) is 93.8 Å². The highest BCUT2D eigenvalue weighted by molar-refractivity contribution is 5.87. The molecule has 126 valence electrons. The van der Waals surface area contributed by atoms with E-state index in [1.54, 1.807) is 0 Å². The highest BCUT2D eigenvalue weighted by atomic mass is 16.5. The first-order chi connectivity index (χ1) is 11.3. The quantitative estimate of drug-likeness (QED) is 0.563. The van der Waals surface area contributed by atoms with Crippen LogP contribution in [0.5, 0.6) is 5.75 Å². The lowest BCUT2D eigenvalue weighted by Crippen LogP contribution is -2.22. The van der Waals surface area contributed by atoms with Gasteiger partial charge in [-0.3, -0.25) is 0 Å². The second-order valence-corrected chi connectivity index (χ2v) is 7.83. The molecule has 0 spiro atoms. The van der Waals surface area contributed by atoms with Crippen molar-refractivity contribution in [2.24, 2.45) is 5.92 Å². The van der Waals surface area contributed by atoms with Crippen molar-refractivity contribution in [2.75, 3.05) is 0 Å². The Balaban J connectivity index is 2.02. The maximum Gasteiger partial charge on any atom is 0.120 e. The minimum Gasteiger partial charge on any atom is -0.488 e. The summed E-state index contributed by atoms with van der Waals surface area (Å²) in [6, 6.07) is 19.4. The zero-order valence-electron chi connectivity index (χ0n) is 15.3. The monoisotopic (exact) mass is 321 g/mol. The Morgan fingerprint density at radius 2 is 1.62 bits per heavy atom. The molecule has 0 bridgehead atoms. The van der Waals surface area contributed by atoms with Crippen molar-refractivity contribution in [3.63, 3.8) is 0 Å².